The first-order chi connectivity index (χ1) is 14.7. The van der Waals surface area contributed by atoms with Crippen LogP contribution in [-0.4, -0.2) is 36.8 Å². The Kier molecular flexibility index (Phi) is 6.97. The van der Waals surface area contributed by atoms with Crippen LogP contribution in [0.5, 0.6) is 5.75 Å². The summed E-state index contributed by atoms with van der Waals surface area (Å²) < 4.78 is 12.8. The molecular formula is C24H28N2O3S. The van der Waals surface area contributed by atoms with Gasteiger partial charge < -0.3 is 9.47 Å². The van der Waals surface area contributed by atoms with E-state index in [-0.39, 0.29) is 12.0 Å². The molecule has 5 nitrogen and oxygen atoms in total. The SMILES string of the molecule is CCCCCOc1cccc(C(=O)N(CC2CCCO2)c2nc3ccccc3s2)c1. The fourth-order valence-corrected chi connectivity index (χ4v) is 4.61. The predicted molar refractivity (Wildman–Crippen MR) is 122 cm³/mol. The van der Waals surface area contributed by atoms with E-state index < -0.39 is 0 Å². The fraction of sp³-hybridized carbons (Fsp3) is 0.417. The van der Waals surface area contributed by atoms with Crippen LogP contribution in [0, 0.1) is 0 Å². The maximum atomic E-state index is 13.5. The Morgan fingerprint density at radius 3 is 2.93 bits per heavy atom. The number of aromatic nitrogens is 1. The van der Waals surface area contributed by atoms with Gasteiger partial charge in [-0.2, -0.15) is 0 Å². The largest absolute Gasteiger partial charge is 0.494 e. The number of para-hydroxylation sites is 1. The Morgan fingerprint density at radius 1 is 1.23 bits per heavy atom. The van der Waals surface area contributed by atoms with Crippen LogP contribution in [0.3, 0.4) is 0 Å². The van der Waals surface area contributed by atoms with E-state index >= 15 is 0 Å². The van der Waals surface area contributed by atoms with Crippen molar-refractivity contribution >= 4 is 32.6 Å². The van der Waals surface area contributed by atoms with Gasteiger partial charge in [-0.3, -0.25) is 9.69 Å². The molecule has 0 spiro atoms. The van der Waals surface area contributed by atoms with E-state index in [0.717, 1.165) is 54.7 Å². The van der Waals surface area contributed by atoms with Gasteiger partial charge in [0.25, 0.3) is 5.91 Å². The number of thiazole rings is 1. The highest BCUT2D eigenvalue weighted by Crippen LogP contribution is 2.31. The van der Waals surface area contributed by atoms with E-state index in [0.29, 0.717) is 23.8 Å². The molecule has 0 radical (unpaired) electrons. The molecule has 2 aromatic carbocycles. The molecule has 6 heteroatoms. The summed E-state index contributed by atoms with van der Waals surface area (Å²) in [6, 6.07) is 15.5. The van der Waals surface area contributed by atoms with Gasteiger partial charge in [0.05, 0.1) is 29.5 Å². The number of anilines is 1. The number of hydrogen-bond donors (Lipinski definition) is 0. The third-order valence-corrected chi connectivity index (χ3v) is 6.33. The number of ether oxygens (including phenoxy) is 2. The Morgan fingerprint density at radius 2 is 2.13 bits per heavy atom. The van der Waals surface area contributed by atoms with E-state index in [1.807, 2.05) is 48.5 Å². The topological polar surface area (TPSA) is 51.7 Å². The van der Waals surface area contributed by atoms with E-state index in [4.69, 9.17) is 14.5 Å². The molecule has 1 aromatic heterocycles. The standard InChI is InChI=1S/C24H28N2O3S/c1-2-3-6-14-28-19-10-7-9-18(16-19)23(27)26(17-20-11-8-15-29-20)24-25-21-12-4-5-13-22(21)30-24/h4-5,7,9-10,12-13,16,20H,2-3,6,8,11,14-15,17H2,1H3. The molecule has 3 aromatic rings. The average molecular weight is 425 g/mol. The molecule has 1 unspecified atom stereocenters. The van der Waals surface area contributed by atoms with Crippen LogP contribution in [0.1, 0.15) is 49.4 Å². The van der Waals surface area contributed by atoms with Crippen LogP contribution in [0.2, 0.25) is 0 Å². The number of hydrogen-bond acceptors (Lipinski definition) is 5. The van der Waals surface area contributed by atoms with Crippen LogP contribution in [0.25, 0.3) is 10.2 Å². The average Bonchev–Trinajstić information content (AvgIpc) is 3.44. The molecule has 0 bridgehead atoms. The zero-order chi connectivity index (χ0) is 20.8. The zero-order valence-electron chi connectivity index (χ0n) is 17.4. The lowest BCUT2D eigenvalue weighted by atomic mass is 10.1. The molecule has 1 aliphatic heterocycles. The highest BCUT2D eigenvalue weighted by atomic mass is 32.1. The van der Waals surface area contributed by atoms with Crippen molar-refractivity contribution in [1.82, 2.24) is 4.98 Å². The van der Waals surface area contributed by atoms with Gasteiger partial charge in [0, 0.05) is 12.2 Å². The first kappa shape index (κ1) is 20.8. The molecule has 0 saturated carbocycles. The van der Waals surface area contributed by atoms with Gasteiger partial charge in [-0.15, -0.1) is 0 Å². The van der Waals surface area contributed by atoms with Crippen LogP contribution in [-0.2, 0) is 4.74 Å². The van der Waals surface area contributed by atoms with E-state index in [1.165, 1.54) is 0 Å². The second-order valence-corrected chi connectivity index (χ2v) is 8.61. The first-order valence-electron chi connectivity index (χ1n) is 10.8. The maximum Gasteiger partial charge on any atom is 0.260 e. The summed E-state index contributed by atoms with van der Waals surface area (Å²) in [5.74, 6) is 0.668. The van der Waals surface area contributed by atoms with Crippen molar-refractivity contribution < 1.29 is 14.3 Å². The number of unbranched alkanes of at least 4 members (excludes halogenated alkanes) is 2. The summed E-state index contributed by atoms with van der Waals surface area (Å²) >= 11 is 1.54. The Labute approximate surface area is 181 Å². The molecule has 1 atom stereocenters. The van der Waals surface area contributed by atoms with Crippen LogP contribution in [0.15, 0.2) is 48.5 Å². The van der Waals surface area contributed by atoms with Crippen molar-refractivity contribution in [2.45, 2.75) is 45.1 Å². The lowest BCUT2D eigenvalue weighted by Gasteiger charge is -2.23. The molecule has 1 fully saturated rings. The zero-order valence-corrected chi connectivity index (χ0v) is 18.2. The van der Waals surface area contributed by atoms with E-state index in [2.05, 4.69) is 6.92 Å². The molecule has 30 heavy (non-hydrogen) atoms. The summed E-state index contributed by atoms with van der Waals surface area (Å²) in [4.78, 5) is 20.0. The molecule has 0 N–H and O–H groups in total. The van der Waals surface area contributed by atoms with Crippen molar-refractivity contribution in [3.05, 3.63) is 54.1 Å². The third-order valence-electron chi connectivity index (χ3n) is 5.27. The quantitative estimate of drug-likeness (QED) is 0.414. The van der Waals surface area contributed by atoms with Gasteiger partial charge in [-0.05, 0) is 49.6 Å². The number of fused-ring (bicyclic) bond motifs is 1. The maximum absolute atomic E-state index is 13.5. The highest BCUT2D eigenvalue weighted by molar-refractivity contribution is 7.22. The third kappa shape index (κ3) is 4.99. The molecule has 4 rings (SSSR count). The summed E-state index contributed by atoms with van der Waals surface area (Å²) in [6.45, 7) is 4.11. The molecule has 1 aliphatic rings. The number of rotatable bonds is 9. The minimum atomic E-state index is -0.0661. The van der Waals surface area contributed by atoms with Crippen molar-refractivity contribution in [3.8, 4) is 5.75 Å². The molecule has 1 saturated heterocycles. The van der Waals surface area contributed by atoms with E-state index in [9.17, 15) is 4.79 Å². The number of benzene rings is 2. The van der Waals surface area contributed by atoms with Crippen LogP contribution >= 0.6 is 11.3 Å². The smallest absolute Gasteiger partial charge is 0.260 e. The van der Waals surface area contributed by atoms with Crippen LogP contribution in [0.4, 0.5) is 5.13 Å². The number of carbonyl (C=O) groups excluding carboxylic acids is 1. The minimum absolute atomic E-state index is 0.0504. The summed E-state index contributed by atoms with van der Waals surface area (Å²) in [6.07, 6.45) is 5.37. The summed E-state index contributed by atoms with van der Waals surface area (Å²) in [5, 5.41) is 0.714. The number of nitrogens with zero attached hydrogens (tertiary/aromatic N) is 2. The Balaban J connectivity index is 1.57. The monoisotopic (exact) mass is 424 g/mol. The van der Waals surface area contributed by atoms with Crippen molar-refractivity contribution in [1.29, 1.82) is 0 Å². The van der Waals surface area contributed by atoms with Gasteiger partial charge in [-0.1, -0.05) is 49.3 Å². The Bertz CT molecular complexity index is 948. The van der Waals surface area contributed by atoms with E-state index in [1.54, 1.807) is 16.2 Å². The second kappa shape index (κ2) is 10.0. The summed E-state index contributed by atoms with van der Waals surface area (Å²) in [7, 11) is 0. The van der Waals surface area contributed by atoms with Crippen molar-refractivity contribution in [2.75, 3.05) is 24.7 Å². The van der Waals surface area contributed by atoms with Crippen LogP contribution < -0.4 is 9.64 Å². The van der Waals surface area contributed by atoms with Gasteiger partial charge >= 0.3 is 0 Å². The molecule has 2 heterocycles. The number of amides is 1. The van der Waals surface area contributed by atoms with Crippen molar-refractivity contribution in [2.24, 2.45) is 0 Å². The number of carbonyl (C=O) groups is 1. The summed E-state index contributed by atoms with van der Waals surface area (Å²) in [5.41, 5.74) is 1.52. The molecular weight excluding hydrogens is 396 g/mol. The Hall–Kier alpha value is -2.44. The van der Waals surface area contributed by atoms with Gasteiger partial charge in [0.1, 0.15) is 5.75 Å². The normalized spacial score (nSPS) is 16.1. The fourth-order valence-electron chi connectivity index (χ4n) is 3.63. The van der Waals surface area contributed by atoms with Gasteiger partial charge in [0.15, 0.2) is 5.13 Å². The molecule has 158 valence electrons. The lowest BCUT2D eigenvalue weighted by Crippen LogP contribution is -2.37. The second-order valence-electron chi connectivity index (χ2n) is 7.60. The first-order valence-corrected chi connectivity index (χ1v) is 11.6. The molecule has 0 aliphatic carbocycles. The molecule has 1 amide bonds. The van der Waals surface area contributed by atoms with Gasteiger partial charge in [0.2, 0.25) is 0 Å². The van der Waals surface area contributed by atoms with Crippen molar-refractivity contribution in [3.63, 3.8) is 0 Å². The lowest BCUT2D eigenvalue weighted by molar-refractivity contribution is 0.0917. The van der Waals surface area contributed by atoms with Gasteiger partial charge in [-0.25, -0.2) is 4.98 Å². The predicted octanol–water partition coefficient (Wildman–Crippen LogP) is 5.69. The minimum Gasteiger partial charge on any atom is -0.494 e. The highest BCUT2D eigenvalue weighted by Gasteiger charge is 2.27.